The van der Waals surface area contributed by atoms with E-state index < -0.39 is 26.3 Å². The Balaban J connectivity index is 2.35. The first kappa shape index (κ1) is 14.7. The van der Waals surface area contributed by atoms with Crippen molar-refractivity contribution in [3.63, 3.8) is 0 Å². The number of hydrogen-bond donors (Lipinski definition) is 2. The summed E-state index contributed by atoms with van der Waals surface area (Å²) in [4.78, 5) is -0.466. The third kappa shape index (κ3) is 2.49. The zero-order valence-electron chi connectivity index (χ0n) is 10.2. The molecule has 0 aromatic heterocycles. The number of nitrogens with zero attached hydrogens (tertiary/aromatic N) is 1. The van der Waals surface area contributed by atoms with Gasteiger partial charge < -0.3 is 10.8 Å². The number of rotatable bonds is 3. The predicted molar refractivity (Wildman–Crippen MR) is 72.5 cm³/mol. The lowest BCUT2D eigenvalue weighted by Gasteiger charge is -2.44. The van der Waals surface area contributed by atoms with Gasteiger partial charge in [-0.05, 0) is 34.5 Å². The van der Waals surface area contributed by atoms with E-state index in [1.165, 1.54) is 0 Å². The van der Waals surface area contributed by atoms with Crippen LogP contribution in [0.15, 0.2) is 21.5 Å². The van der Waals surface area contributed by atoms with E-state index in [9.17, 15) is 17.9 Å². The molecule has 0 spiro atoms. The minimum atomic E-state index is -3.96. The van der Waals surface area contributed by atoms with Gasteiger partial charge in [-0.25, -0.2) is 12.8 Å². The Morgan fingerprint density at radius 3 is 2.63 bits per heavy atom. The van der Waals surface area contributed by atoms with Gasteiger partial charge in [-0.3, -0.25) is 0 Å². The molecule has 8 heteroatoms. The summed E-state index contributed by atoms with van der Waals surface area (Å²) in [6.07, 6.45) is 0.448. The van der Waals surface area contributed by atoms with Crippen LogP contribution in [-0.4, -0.2) is 36.5 Å². The number of nitrogens with two attached hydrogens (primary N) is 1. The van der Waals surface area contributed by atoms with Crippen LogP contribution >= 0.6 is 15.9 Å². The smallest absolute Gasteiger partial charge is 0.246 e. The zero-order valence-corrected chi connectivity index (χ0v) is 12.6. The molecule has 0 saturated carbocycles. The minimum absolute atomic E-state index is 0.0265. The summed E-state index contributed by atoms with van der Waals surface area (Å²) in [5.41, 5.74) is 4.71. The van der Waals surface area contributed by atoms with E-state index in [1.54, 1.807) is 6.92 Å². The average molecular weight is 353 g/mol. The van der Waals surface area contributed by atoms with E-state index >= 15 is 0 Å². The molecule has 0 aliphatic carbocycles. The van der Waals surface area contributed by atoms with Crippen molar-refractivity contribution in [1.29, 1.82) is 0 Å². The summed E-state index contributed by atoms with van der Waals surface area (Å²) >= 11 is 3.03. The van der Waals surface area contributed by atoms with Gasteiger partial charge in [-0.15, -0.1) is 0 Å². The Labute approximate surface area is 119 Å². The lowest BCUT2D eigenvalue weighted by molar-refractivity contribution is -0.0614. The molecule has 0 bridgehead atoms. The maximum absolute atomic E-state index is 13.8. The van der Waals surface area contributed by atoms with Gasteiger partial charge in [0.25, 0.3) is 0 Å². The highest BCUT2D eigenvalue weighted by Crippen LogP contribution is 2.33. The van der Waals surface area contributed by atoms with Crippen molar-refractivity contribution >= 4 is 31.6 Å². The van der Waals surface area contributed by atoms with Crippen molar-refractivity contribution in [2.24, 2.45) is 0 Å². The largest absolute Gasteiger partial charge is 0.398 e. The van der Waals surface area contributed by atoms with Gasteiger partial charge in [-0.1, -0.05) is 6.92 Å². The molecule has 0 amide bonds. The molecule has 0 radical (unpaired) electrons. The summed E-state index contributed by atoms with van der Waals surface area (Å²) < 4.78 is 39.5. The maximum atomic E-state index is 13.8. The van der Waals surface area contributed by atoms with Crippen LogP contribution in [0.4, 0.5) is 10.1 Å². The van der Waals surface area contributed by atoms with Gasteiger partial charge >= 0.3 is 0 Å². The number of aliphatic hydroxyl groups is 1. The van der Waals surface area contributed by atoms with Gasteiger partial charge in [0, 0.05) is 23.2 Å². The van der Waals surface area contributed by atoms with Crippen LogP contribution in [0.3, 0.4) is 0 Å². The van der Waals surface area contributed by atoms with Crippen LogP contribution in [0.5, 0.6) is 0 Å². The standard InChI is InChI=1S/C11H14BrFN2O3S/c1-2-11(16)5-15(6-11)19(17,18)10-4-9(14)7(12)3-8(10)13/h3-4,16H,2,5-6,14H2,1H3. The Morgan fingerprint density at radius 1 is 1.53 bits per heavy atom. The second-order valence-corrected chi connectivity index (χ2v) is 7.42. The van der Waals surface area contributed by atoms with Crippen LogP contribution < -0.4 is 5.73 Å². The zero-order chi connectivity index (χ0) is 14.4. The summed E-state index contributed by atoms with van der Waals surface area (Å²) in [7, 11) is -3.96. The van der Waals surface area contributed by atoms with Crippen molar-refractivity contribution in [1.82, 2.24) is 4.31 Å². The molecule has 1 saturated heterocycles. The van der Waals surface area contributed by atoms with Gasteiger partial charge in [-0.2, -0.15) is 4.31 Å². The molecular weight excluding hydrogens is 339 g/mol. The molecule has 2 rings (SSSR count). The molecule has 1 aromatic rings. The van der Waals surface area contributed by atoms with Crippen LogP contribution in [0.25, 0.3) is 0 Å². The monoisotopic (exact) mass is 352 g/mol. The van der Waals surface area contributed by atoms with Crippen molar-refractivity contribution in [2.75, 3.05) is 18.8 Å². The first-order valence-corrected chi connectivity index (χ1v) is 7.90. The molecule has 1 fully saturated rings. The number of halogens is 2. The molecule has 5 nitrogen and oxygen atoms in total. The van der Waals surface area contributed by atoms with Gasteiger partial charge in [0.05, 0.1) is 5.60 Å². The van der Waals surface area contributed by atoms with Gasteiger partial charge in [0.1, 0.15) is 10.7 Å². The molecule has 1 aliphatic heterocycles. The molecule has 1 heterocycles. The second-order valence-electron chi connectivity index (χ2n) is 4.66. The van der Waals surface area contributed by atoms with Crippen LogP contribution in [-0.2, 0) is 10.0 Å². The van der Waals surface area contributed by atoms with Crippen LogP contribution in [0.2, 0.25) is 0 Å². The Hall–Kier alpha value is -0.700. The molecule has 0 unspecified atom stereocenters. The van der Waals surface area contributed by atoms with Crippen LogP contribution in [0, 0.1) is 5.82 Å². The highest BCUT2D eigenvalue weighted by atomic mass is 79.9. The second kappa shape index (κ2) is 4.69. The Morgan fingerprint density at radius 2 is 2.11 bits per heavy atom. The van der Waals surface area contributed by atoms with Crippen LogP contribution in [0.1, 0.15) is 13.3 Å². The lowest BCUT2D eigenvalue weighted by Crippen LogP contribution is -2.62. The molecule has 1 aliphatic rings. The molecule has 3 N–H and O–H groups in total. The summed E-state index contributed by atoms with van der Waals surface area (Å²) in [6, 6.07) is 2.10. The fourth-order valence-corrected chi connectivity index (χ4v) is 3.88. The summed E-state index contributed by atoms with van der Waals surface area (Å²) in [5.74, 6) is -0.868. The number of β-amino-alcohol motifs (C(OH)–C–C–N with tert-alkyl or cyclic N) is 1. The normalized spacial score (nSPS) is 19.2. The van der Waals surface area contributed by atoms with E-state index in [1.807, 2.05) is 0 Å². The quantitative estimate of drug-likeness (QED) is 0.803. The first-order valence-electron chi connectivity index (χ1n) is 5.67. The number of benzene rings is 1. The molecule has 106 valence electrons. The maximum Gasteiger partial charge on any atom is 0.246 e. The molecule has 1 aromatic carbocycles. The van der Waals surface area contributed by atoms with E-state index in [0.29, 0.717) is 10.9 Å². The van der Waals surface area contributed by atoms with Gasteiger partial charge in [0.2, 0.25) is 10.0 Å². The Bertz CT molecular complexity index is 615. The predicted octanol–water partition coefficient (Wildman–Crippen LogP) is 1.32. The highest BCUT2D eigenvalue weighted by molar-refractivity contribution is 9.10. The average Bonchev–Trinajstić information content (AvgIpc) is 2.29. The summed E-state index contributed by atoms with van der Waals surface area (Å²) in [6.45, 7) is 1.71. The van der Waals surface area contributed by atoms with Crippen molar-refractivity contribution in [3.8, 4) is 0 Å². The lowest BCUT2D eigenvalue weighted by atomic mass is 9.94. The van der Waals surface area contributed by atoms with E-state index in [4.69, 9.17) is 5.73 Å². The first-order chi connectivity index (χ1) is 8.69. The Kier molecular flexibility index (Phi) is 3.63. The third-order valence-electron chi connectivity index (χ3n) is 3.27. The van der Waals surface area contributed by atoms with Crippen molar-refractivity contribution in [2.45, 2.75) is 23.8 Å². The molecule has 19 heavy (non-hydrogen) atoms. The van der Waals surface area contributed by atoms with Crippen molar-refractivity contribution < 1.29 is 17.9 Å². The fourth-order valence-electron chi connectivity index (χ4n) is 1.89. The topological polar surface area (TPSA) is 83.6 Å². The number of nitrogen functional groups attached to an aromatic ring is 1. The highest BCUT2D eigenvalue weighted by Gasteiger charge is 2.46. The van der Waals surface area contributed by atoms with Crippen molar-refractivity contribution in [3.05, 3.63) is 22.4 Å². The van der Waals surface area contributed by atoms with Gasteiger partial charge in [0.15, 0.2) is 0 Å². The van der Waals surface area contributed by atoms with E-state index in [-0.39, 0.29) is 18.8 Å². The summed E-state index contributed by atoms with van der Waals surface area (Å²) in [5, 5.41) is 9.84. The van der Waals surface area contributed by atoms with E-state index in [0.717, 1.165) is 16.4 Å². The number of sulfonamides is 1. The van der Waals surface area contributed by atoms with E-state index in [2.05, 4.69) is 15.9 Å². The number of hydrogen-bond acceptors (Lipinski definition) is 4. The molecule has 0 atom stereocenters. The molecular formula is C11H14BrFN2O3S. The minimum Gasteiger partial charge on any atom is -0.398 e. The fraction of sp³-hybridized carbons (Fsp3) is 0.455. The number of anilines is 1. The third-order valence-corrected chi connectivity index (χ3v) is 5.76. The SMILES string of the molecule is CCC1(O)CN(S(=O)(=O)c2cc(N)c(Br)cc2F)C1.